The molecule has 0 saturated heterocycles. The summed E-state index contributed by atoms with van der Waals surface area (Å²) in [6.07, 6.45) is -1.57. The van der Waals surface area contributed by atoms with Crippen molar-refractivity contribution in [3.8, 4) is 17.2 Å². The van der Waals surface area contributed by atoms with Gasteiger partial charge in [0.05, 0.1) is 0 Å². The third-order valence-electron chi connectivity index (χ3n) is 1.91. The van der Waals surface area contributed by atoms with E-state index in [9.17, 15) is 4.79 Å². The van der Waals surface area contributed by atoms with Crippen LogP contribution >= 0.6 is 0 Å². The summed E-state index contributed by atoms with van der Waals surface area (Å²) >= 11 is 0. The van der Waals surface area contributed by atoms with Crippen molar-refractivity contribution < 1.29 is 28.8 Å². The van der Waals surface area contributed by atoms with Gasteiger partial charge in [-0.05, 0) is 12.1 Å². The van der Waals surface area contributed by atoms with Gasteiger partial charge in [-0.1, -0.05) is 0 Å². The number of ether oxygens (including phenoxy) is 4. The van der Waals surface area contributed by atoms with Crippen LogP contribution in [-0.2, 0) is 9.53 Å². The third kappa shape index (κ3) is 2.07. The van der Waals surface area contributed by atoms with Gasteiger partial charge >= 0.3 is 5.97 Å². The Morgan fingerprint density at radius 1 is 1.44 bits per heavy atom. The normalized spacial score (nSPS) is 18.4. The first-order valence-corrected chi connectivity index (χ1v) is 4.53. The lowest BCUT2D eigenvalue weighted by Gasteiger charge is -2.21. The first kappa shape index (κ1) is 10.7. The van der Waals surface area contributed by atoms with Crippen molar-refractivity contribution in [3.05, 3.63) is 18.2 Å². The second kappa shape index (κ2) is 4.38. The zero-order valence-electron chi connectivity index (χ0n) is 8.50. The lowest BCUT2D eigenvalue weighted by Crippen LogP contribution is -2.34. The average Bonchev–Trinajstić information content (AvgIpc) is 2.28. The van der Waals surface area contributed by atoms with E-state index in [1.54, 1.807) is 6.07 Å². The quantitative estimate of drug-likeness (QED) is 0.453. The maximum Gasteiger partial charge on any atom is 0.381 e. The number of benzene rings is 1. The number of carbonyl (C=O) groups is 1. The average molecular weight is 226 g/mol. The molecule has 6 heteroatoms. The van der Waals surface area contributed by atoms with E-state index >= 15 is 0 Å². The van der Waals surface area contributed by atoms with Crippen LogP contribution < -0.4 is 14.2 Å². The van der Waals surface area contributed by atoms with Gasteiger partial charge in [-0.2, -0.15) is 0 Å². The molecule has 86 valence electrons. The highest BCUT2D eigenvalue weighted by Gasteiger charge is 2.28. The zero-order chi connectivity index (χ0) is 11.5. The maximum atomic E-state index is 11.0. The van der Waals surface area contributed by atoms with E-state index in [4.69, 9.17) is 24.1 Å². The van der Waals surface area contributed by atoms with Gasteiger partial charge in [0.2, 0.25) is 0 Å². The number of aliphatic hydroxyl groups excluding tert-OH is 1. The smallest absolute Gasteiger partial charge is 0.381 e. The summed E-state index contributed by atoms with van der Waals surface area (Å²) in [4.78, 5) is 11.0. The zero-order valence-corrected chi connectivity index (χ0v) is 8.50. The van der Waals surface area contributed by atoms with Crippen LogP contribution in [0.25, 0.3) is 0 Å². The van der Waals surface area contributed by atoms with Crippen LogP contribution in [0.15, 0.2) is 18.2 Å². The summed E-state index contributed by atoms with van der Waals surface area (Å²) in [7, 11) is 1.50. The molecule has 6 nitrogen and oxygen atoms in total. The number of carbonyl (C=O) groups excluding carboxylic acids is 1. The molecule has 1 atom stereocenters. The summed E-state index contributed by atoms with van der Waals surface area (Å²) in [5.41, 5.74) is 0. The Kier molecular flexibility index (Phi) is 2.93. The monoisotopic (exact) mass is 226 g/mol. The molecule has 1 unspecified atom stereocenters. The fourth-order valence-electron chi connectivity index (χ4n) is 1.21. The SMILES string of the molecule is COCOc1ccc2c(c1)OC(=O)C(O)O2. The Balaban J connectivity index is 2.19. The Morgan fingerprint density at radius 3 is 3.00 bits per heavy atom. The standard InChI is InChI=1S/C10H10O6/c1-13-5-14-6-2-3-7-8(4-6)16-10(12)9(11)15-7/h2-4,9,11H,5H2,1H3. The summed E-state index contributed by atoms with van der Waals surface area (Å²) in [5, 5.41) is 9.09. The van der Waals surface area contributed by atoms with E-state index in [-0.39, 0.29) is 18.3 Å². The van der Waals surface area contributed by atoms with Crippen molar-refractivity contribution in [2.75, 3.05) is 13.9 Å². The molecule has 1 aliphatic heterocycles. The first-order chi connectivity index (χ1) is 7.70. The molecule has 0 radical (unpaired) electrons. The number of esters is 1. The van der Waals surface area contributed by atoms with Crippen LogP contribution in [0.1, 0.15) is 0 Å². The predicted molar refractivity (Wildman–Crippen MR) is 51.2 cm³/mol. The fraction of sp³-hybridized carbons (Fsp3) is 0.300. The van der Waals surface area contributed by atoms with Gasteiger partial charge in [-0.25, -0.2) is 4.79 Å². The second-order valence-corrected chi connectivity index (χ2v) is 3.05. The number of rotatable bonds is 3. The molecule has 0 fully saturated rings. The number of fused-ring (bicyclic) bond motifs is 1. The molecule has 1 aliphatic rings. The molecule has 0 amide bonds. The third-order valence-corrected chi connectivity index (χ3v) is 1.91. The van der Waals surface area contributed by atoms with Crippen molar-refractivity contribution in [2.45, 2.75) is 6.29 Å². The molecule has 16 heavy (non-hydrogen) atoms. The number of aliphatic hydroxyl groups is 1. The molecule has 0 bridgehead atoms. The molecular weight excluding hydrogens is 216 g/mol. The molecule has 2 rings (SSSR count). The molecule has 0 aliphatic carbocycles. The Morgan fingerprint density at radius 2 is 2.25 bits per heavy atom. The van der Waals surface area contributed by atoms with Crippen LogP contribution in [0.3, 0.4) is 0 Å². The molecule has 0 spiro atoms. The van der Waals surface area contributed by atoms with Crippen LogP contribution in [0, 0.1) is 0 Å². The van der Waals surface area contributed by atoms with E-state index < -0.39 is 12.3 Å². The van der Waals surface area contributed by atoms with Gasteiger partial charge in [0.15, 0.2) is 18.3 Å². The van der Waals surface area contributed by atoms with Gasteiger partial charge in [-0.3, -0.25) is 0 Å². The van der Waals surface area contributed by atoms with Gasteiger partial charge in [0.25, 0.3) is 6.29 Å². The summed E-state index contributed by atoms with van der Waals surface area (Å²) in [6.45, 7) is 0.0935. The minimum absolute atomic E-state index is 0.0935. The lowest BCUT2D eigenvalue weighted by atomic mass is 10.3. The van der Waals surface area contributed by atoms with E-state index in [1.165, 1.54) is 19.2 Å². The number of methoxy groups -OCH3 is 1. The van der Waals surface area contributed by atoms with Crippen molar-refractivity contribution in [2.24, 2.45) is 0 Å². The Labute approximate surface area is 91.3 Å². The van der Waals surface area contributed by atoms with Crippen molar-refractivity contribution in [3.63, 3.8) is 0 Å². The molecule has 1 heterocycles. The molecule has 0 aromatic heterocycles. The van der Waals surface area contributed by atoms with Crippen LogP contribution in [0.2, 0.25) is 0 Å². The highest BCUT2D eigenvalue weighted by atomic mass is 16.7. The fourth-order valence-corrected chi connectivity index (χ4v) is 1.21. The van der Waals surface area contributed by atoms with Gasteiger partial charge in [-0.15, -0.1) is 0 Å². The molecule has 0 saturated carbocycles. The highest BCUT2D eigenvalue weighted by molar-refractivity contribution is 5.78. The maximum absolute atomic E-state index is 11.0. The van der Waals surface area contributed by atoms with Gasteiger partial charge in [0.1, 0.15) is 5.75 Å². The van der Waals surface area contributed by atoms with Crippen molar-refractivity contribution in [1.82, 2.24) is 0 Å². The van der Waals surface area contributed by atoms with Gasteiger partial charge < -0.3 is 24.1 Å². The predicted octanol–water partition coefficient (Wildman–Crippen LogP) is 0.285. The molecule has 1 aromatic carbocycles. The molecular formula is C10H10O6. The minimum atomic E-state index is -1.57. The van der Waals surface area contributed by atoms with E-state index in [1.807, 2.05) is 0 Å². The molecule has 1 aromatic rings. The Hall–Kier alpha value is -1.79. The van der Waals surface area contributed by atoms with Crippen molar-refractivity contribution in [1.29, 1.82) is 0 Å². The summed E-state index contributed by atoms with van der Waals surface area (Å²) in [6, 6.07) is 4.64. The van der Waals surface area contributed by atoms with E-state index in [0.29, 0.717) is 5.75 Å². The van der Waals surface area contributed by atoms with E-state index in [2.05, 4.69) is 0 Å². The van der Waals surface area contributed by atoms with Crippen molar-refractivity contribution >= 4 is 5.97 Å². The lowest BCUT2D eigenvalue weighted by molar-refractivity contribution is -0.163. The van der Waals surface area contributed by atoms with Gasteiger partial charge in [0, 0.05) is 13.2 Å². The van der Waals surface area contributed by atoms with Crippen LogP contribution in [-0.4, -0.2) is 31.3 Å². The summed E-state index contributed by atoms with van der Waals surface area (Å²) in [5.74, 6) is 0.130. The molecule has 1 N–H and O–H groups in total. The van der Waals surface area contributed by atoms with Crippen LogP contribution in [0.4, 0.5) is 0 Å². The Bertz CT molecular complexity index is 402. The first-order valence-electron chi connectivity index (χ1n) is 4.53. The largest absolute Gasteiger partial charge is 0.467 e. The number of hydrogen-bond acceptors (Lipinski definition) is 6. The minimum Gasteiger partial charge on any atom is -0.467 e. The second-order valence-electron chi connectivity index (χ2n) is 3.05. The topological polar surface area (TPSA) is 74.2 Å². The summed E-state index contributed by atoms with van der Waals surface area (Å²) < 4.78 is 19.6. The van der Waals surface area contributed by atoms with Crippen LogP contribution in [0.5, 0.6) is 17.2 Å². The number of hydrogen-bond donors (Lipinski definition) is 1. The van der Waals surface area contributed by atoms with E-state index in [0.717, 1.165) is 0 Å². The highest BCUT2D eigenvalue weighted by Crippen LogP contribution is 2.34.